The number of aromatic nitrogens is 1. The number of para-hydroxylation sites is 1. The van der Waals surface area contributed by atoms with Crippen LogP contribution in [0.5, 0.6) is 5.75 Å². The number of hydrogen-bond acceptors (Lipinski definition) is 3. The summed E-state index contributed by atoms with van der Waals surface area (Å²) in [4.78, 5) is 11.6. The number of pyridine rings is 1. The van der Waals surface area contributed by atoms with Crippen LogP contribution >= 0.6 is 0 Å². The van der Waals surface area contributed by atoms with E-state index in [2.05, 4.69) is 18.3 Å². The van der Waals surface area contributed by atoms with E-state index in [-0.39, 0.29) is 5.56 Å². The molecule has 0 radical (unpaired) electrons. The van der Waals surface area contributed by atoms with Gasteiger partial charge in [0.05, 0.1) is 12.2 Å². The lowest BCUT2D eigenvalue weighted by Crippen LogP contribution is -2.24. The number of hydrogen-bond donors (Lipinski definition) is 1. The van der Waals surface area contributed by atoms with Crippen molar-refractivity contribution >= 4 is 5.69 Å². The molecule has 110 valence electrons. The minimum Gasteiger partial charge on any atom is -0.490 e. The van der Waals surface area contributed by atoms with E-state index in [1.165, 1.54) is 5.56 Å². The van der Waals surface area contributed by atoms with Crippen molar-refractivity contribution in [2.24, 2.45) is 0 Å². The molecule has 0 saturated heterocycles. The number of benzene rings is 1. The molecule has 0 amide bonds. The number of nitrogens with zero attached hydrogens (tertiary/aromatic N) is 1. The van der Waals surface area contributed by atoms with Crippen molar-refractivity contribution in [1.29, 1.82) is 0 Å². The first kappa shape index (κ1) is 13.7. The van der Waals surface area contributed by atoms with E-state index in [1.54, 1.807) is 22.9 Å². The van der Waals surface area contributed by atoms with E-state index in [4.69, 9.17) is 4.74 Å². The number of rotatable bonds is 4. The Morgan fingerprint density at radius 3 is 3.05 bits per heavy atom. The third-order valence-corrected chi connectivity index (χ3v) is 3.84. The van der Waals surface area contributed by atoms with Crippen LogP contribution in [0.25, 0.3) is 0 Å². The quantitative estimate of drug-likeness (QED) is 0.938. The van der Waals surface area contributed by atoms with Gasteiger partial charge >= 0.3 is 0 Å². The van der Waals surface area contributed by atoms with Gasteiger partial charge in [0.2, 0.25) is 0 Å². The van der Waals surface area contributed by atoms with Crippen LogP contribution in [0.15, 0.2) is 47.4 Å². The Morgan fingerprint density at radius 2 is 2.19 bits per heavy atom. The first-order chi connectivity index (χ1) is 10.2. The smallest absolute Gasteiger partial charge is 0.250 e. The fourth-order valence-electron chi connectivity index (χ4n) is 2.66. The van der Waals surface area contributed by atoms with Crippen LogP contribution in [0.4, 0.5) is 5.69 Å². The van der Waals surface area contributed by atoms with Gasteiger partial charge < -0.3 is 14.6 Å². The van der Waals surface area contributed by atoms with Crippen molar-refractivity contribution in [2.45, 2.75) is 32.4 Å². The summed E-state index contributed by atoms with van der Waals surface area (Å²) in [6.45, 7) is 3.22. The fourth-order valence-corrected chi connectivity index (χ4v) is 2.66. The zero-order chi connectivity index (χ0) is 14.7. The van der Waals surface area contributed by atoms with Gasteiger partial charge in [0.15, 0.2) is 0 Å². The van der Waals surface area contributed by atoms with Crippen molar-refractivity contribution in [3.05, 3.63) is 58.5 Å². The number of nitrogens with one attached hydrogen (secondary N) is 1. The second kappa shape index (κ2) is 6.04. The van der Waals surface area contributed by atoms with E-state index in [0.29, 0.717) is 19.2 Å². The van der Waals surface area contributed by atoms with Crippen molar-refractivity contribution in [3.8, 4) is 5.75 Å². The topological polar surface area (TPSA) is 43.3 Å². The maximum Gasteiger partial charge on any atom is 0.250 e. The van der Waals surface area contributed by atoms with Gasteiger partial charge in [-0.15, -0.1) is 0 Å². The molecule has 0 spiro atoms. The first-order valence-corrected chi connectivity index (χ1v) is 7.41. The molecule has 21 heavy (non-hydrogen) atoms. The zero-order valence-corrected chi connectivity index (χ0v) is 12.2. The first-order valence-electron chi connectivity index (χ1n) is 7.41. The molecule has 1 atom stereocenters. The van der Waals surface area contributed by atoms with E-state index >= 15 is 0 Å². The second-order valence-corrected chi connectivity index (χ2v) is 5.46. The largest absolute Gasteiger partial charge is 0.490 e. The molecule has 1 aliphatic heterocycles. The maximum absolute atomic E-state index is 11.6. The Hall–Kier alpha value is -2.23. The van der Waals surface area contributed by atoms with Gasteiger partial charge in [-0.25, -0.2) is 0 Å². The van der Waals surface area contributed by atoms with Crippen molar-refractivity contribution < 1.29 is 4.74 Å². The Kier molecular flexibility index (Phi) is 3.95. The lowest BCUT2D eigenvalue weighted by atomic mass is 9.98. The monoisotopic (exact) mass is 284 g/mol. The van der Waals surface area contributed by atoms with Gasteiger partial charge in [-0.05, 0) is 37.5 Å². The molecule has 0 saturated carbocycles. The van der Waals surface area contributed by atoms with Gasteiger partial charge in [0, 0.05) is 18.3 Å². The van der Waals surface area contributed by atoms with Crippen LogP contribution < -0.4 is 15.6 Å². The van der Waals surface area contributed by atoms with Crippen LogP contribution in [-0.4, -0.2) is 17.2 Å². The number of fused-ring (bicyclic) bond motifs is 1. The van der Waals surface area contributed by atoms with E-state index < -0.39 is 0 Å². The Bertz CT molecular complexity index is 678. The lowest BCUT2D eigenvalue weighted by molar-refractivity contribution is 0.297. The van der Waals surface area contributed by atoms with Crippen LogP contribution in [0.3, 0.4) is 0 Å². The number of ether oxygens (including phenoxy) is 1. The lowest BCUT2D eigenvalue weighted by Gasteiger charge is -2.26. The molecule has 2 heterocycles. The number of aryl methyl sites for hydroxylation is 1. The van der Waals surface area contributed by atoms with Crippen LogP contribution in [0, 0.1) is 0 Å². The summed E-state index contributed by atoms with van der Waals surface area (Å²) in [7, 11) is 0. The molecule has 1 unspecified atom stereocenters. The zero-order valence-electron chi connectivity index (χ0n) is 12.2. The summed E-state index contributed by atoms with van der Waals surface area (Å²) in [5.41, 5.74) is 2.42. The Balaban J connectivity index is 1.69. The second-order valence-electron chi connectivity index (χ2n) is 5.46. The van der Waals surface area contributed by atoms with Crippen molar-refractivity contribution in [1.82, 2.24) is 4.57 Å². The van der Waals surface area contributed by atoms with E-state index in [0.717, 1.165) is 24.3 Å². The molecule has 4 heteroatoms. The number of anilines is 1. The highest BCUT2D eigenvalue weighted by molar-refractivity contribution is 5.63. The Labute approximate surface area is 124 Å². The average molecular weight is 284 g/mol. The predicted molar refractivity (Wildman–Crippen MR) is 84.0 cm³/mol. The predicted octanol–water partition coefficient (Wildman–Crippen LogP) is 2.67. The molecule has 0 fully saturated rings. The summed E-state index contributed by atoms with van der Waals surface area (Å²) < 4.78 is 7.55. The highest BCUT2D eigenvalue weighted by Gasteiger charge is 2.17. The molecule has 0 aliphatic carbocycles. The molecular weight excluding hydrogens is 264 g/mol. The standard InChI is InChI=1S/C17H20N2O2/c1-13-8-9-14-5-4-6-15(17(14)18-13)21-12-11-19-10-3-2-7-16(19)20/h2-7,10,13,18H,8-9,11-12H2,1H3. The van der Waals surface area contributed by atoms with Crippen molar-refractivity contribution in [3.63, 3.8) is 0 Å². The SMILES string of the molecule is CC1CCc2cccc(OCCn3ccccc3=O)c2N1. The normalized spacial score (nSPS) is 16.9. The average Bonchev–Trinajstić information content (AvgIpc) is 2.49. The molecule has 2 aromatic rings. The summed E-state index contributed by atoms with van der Waals surface area (Å²) in [6.07, 6.45) is 4.02. The minimum atomic E-state index is 0.00272. The molecule has 1 N–H and O–H groups in total. The van der Waals surface area contributed by atoms with Crippen molar-refractivity contribution in [2.75, 3.05) is 11.9 Å². The van der Waals surface area contributed by atoms with Gasteiger partial charge in [-0.2, -0.15) is 0 Å². The molecule has 4 nitrogen and oxygen atoms in total. The molecule has 1 aliphatic rings. The van der Waals surface area contributed by atoms with E-state index in [1.807, 2.05) is 18.2 Å². The van der Waals surface area contributed by atoms with Gasteiger partial charge in [-0.3, -0.25) is 4.79 Å². The fraction of sp³-hybridized carbons (Fsp3) is 0.353. The van der Waals surface area contributed by atoms with Gasteiger partial charge in [-0.1, -0.05) is 18.2 Å². The van der Waals surface area contributed by atoms with Gasteiger partial charge in [0.1, 0.15) is 12.4 Å². The third kappa shape index (κ3) is 3.10. The highest BCUT2D eigenvalue weighted by atomic mass is 16.5. The molecule has 3 rings (SSSR count). The van der Waals surface area contributed by atoms with Gasteiger partial charge in [0.25, 0.3) is 5.56 Å². The highest BCUT2D eigenvalue weighted by Crippen LogP contribution is 2.33. The van der Waals surface area contributed by atoms with E-state index in [9.17, 15) is 4.79 Å². The van der Waals surface area contributed by atoms with Crippen LogP contribution in [-0.2, 0) is 13.0 Å². The summed E-state index contributed by atoms with van der Waals surface area (Å²) in [5, 5.41) is 3.49. The Morgan fingerprint density at radius 1 is 1.29 bits per heavy atom. The van der Waals surface area contributed by atoms with Crippen LogP contribution in [0.1, 0.15) is 18.9 Å². The molecular formula is C17H20N2O2. The molecule has 1 aromatic heterocycles. The van der Waals surface area contributed by atoms with Crippen LogP contribution in [0.2, 0.25) is 0 Å². The maximum atomic E-state index is 11.6. The minimum absolute atomic E-state index is 0.00272. The molecule has 1 aromatic carbocycles. The molecule has 0 bridgehead atoms. The third-order valence-electron chi connectivity index (χ3n) is 3.84. The summed E-state index contributed by atoms with van der Waals surface area (Å²) >= 11 is 0. The summed E-state index contributed by atoms with van der Waals surface area (Å²) in [5.74, 6) is 0.878. The summed E-state index contributed by atoms with van der Waals surface area (Å²) in [6, 6.07) is 11.8.